The summed E-state index contributed by atoms with van der Waals surface area (Å²) in [6, 6.07) is 13.7. The van der Waals surface area contributed by atoms with E-state index in [-0.39, 0.29) is 5.91 Å². The molecule has 1 heterocycles. The Morgan fingerprint density at radius 1 is 1.04 bits per heavy atom. The molecule has 0 saturated carbocycles. The van der Waals surface area contributed by atoms with Crippen LogP contribution in [0.2, 0.25) is 5.02 Å². The van der Waals surface area contributed by atoms with Gasteiger partial charge in [-0.1, -0.05) is 11.6 Å². The summed E-state index contributed by atoms with van der Waals surface area (Å²) in [6.45, 7) is 4.00. The van der Waals surface area contributed by atoms with Crippen molar-refractivity contribution in [3.05, 3.63) is 53.6 Å². The van der Waals surface area contributed by atoms with Crippen molar-refractivity contribution in [2.75, 3.05) is 11.4 Å². The molecule has 1 aliphatic heterocycles. The van der Waals surface area contributed by atoms with Crippen LogP contribution >= 0.6 is 11.6 Å². The maximum atomic E-state index is 12.5. The van der Waals surface area contributed by atoms with Gasteiger partial charge in [0.1, 0.15) is 11.5 Å². The SMILES string of the molecule is CC(C)(Oc1ccc(Cl)cc1)C(=O)Oc1ccc(N2CCCC2=O)cc1. The summed E-state index contributed by atoms with van der Waals surface area (Å²) in [5.41, 5.74) is -0.360. The Bertz CT molecular complexity index is 800. The molecule has 0 N–H and O–H groups in total. The number of rotatable bonds is 5. The van der Waals surface area contributed by atoms with Crippen LogP contribution in [-0.4, -0.2) is 24.0 Å². The van der Waals surface area contributed by atoms with Gasteiger partial charge in [0.15, 0.2) is 0 Å². The molecule has 3 rings (SSSR count). The topological polar surface area (TPSA) is 55.8 Å². The van der Waals surface area contributed by atoms with Gasteiger partial charge in [-0.05, 0) is 68.8 Å². The van der Waals surface area contributed by atoms with Crippen LogP contribution in [0.25, 0.3) is 0 Å². The molecule has 1 saturated heterocycles. The first-order chi connectivity index (χ1) is 12.3. The third-order valence-electron chi connectivity index (χ3n) is 4.11. The normalized spacial score (nSPS) is 14.4. The molecule has 0 aliphatic carbocycles. The van der Waals surface area contributed by atoms with Crippen molar-refractivity contribution in [2.24, 2.45) is 0 Å². The molecule has 1 amide bonds. The quantitative estimate of drug-likeness (QED) is 0.581. The molecule has 0 unspecified atom stereocenters. The van der Waals surface area contributed by atoms with Crippen LogP contribution in [0, 0.1) is 0 Å². The second-order valence-electron chi connectivity index (χ2n) is 6.60. The molecule has 0 bridgehead atoms. The van der Waals surface area contributed by atoms with Crippen LogP contribution in [0.5, 0.6) is 11.5 Å². The van der Waals surface area contributed by atoms with Crippen LogP contribution in [-0.2, 0) is 9.59 Å². The van der Waals surface area contributed by atoms with E-state index in [0.29, 0.717) is 22.9 Å². The third-order valence-corrected chi connectivity index (χ3v) is 4.36. The average molecular weight is 374 g/mol. The molecule has 2 aromatic carbocycles. The lowest BCUT2D eigenvalue weighted by Gasteiger charge is -2.24. The molecule has 0 spiro atoms. The Balaban J connectivity index is 1.64. The highest BCUT2D eigenvalue weighted by Crippen LogP contribution is 2.26. The molecule has 26 heavy (non-hydrogen) atoms. The number of hydrogen-bond donors (Lipinski definition) is 0. The van der Waals surface area contributed by atoms with E-state index in [9.17, 15) is 9.59 Å². The van der Waals surface area contributed by atoms with Crippen LogP contribution in [0.4, 0.5) is 5.69 Å². The summed E-state index contributed by atoms with van der Waals surface area (Å²) in [5, 5.41) is 0.592. The summed E-state index contributed by atoms with van der Waals surface area (Å²) in [5.74, 6) is 0.530. The van der Waals surface area contributed by atoms with E-state index in [1.807, 2.05) is 0 Å². The van der Waals surface area contributed by atoms with Crippen molar-refractivity contribution in [1.82, 2.24) is 0 Å². The molecule has 1 fully saturated rings. The lowest BCUT2D eigenvalue weighted by molar-refractivity contribution is -0.149. The van der Waals surface area contributed by atoms with Gasteiger partial charge in [-0.25, -0.2) is 4.79 Å². The maximum Gasteiger partial charge on any atom is 0.355 e. The van der Waals surface area contributed by atoms with E-state index in [1.54, 1.807) is 67.3 Å². The fourth-order valence-corrected chi connectivity index (χ4v) is 2.81. The van der Waals surface area contributed by atoms with Crippen LogP contribution in [0.1, 0.15) is 26.7 Å². The third kappa shape index (κ3) is 4.17. The monoisotopic (exact) mass is 373 g/mol. The van der Waals surface area contributed by atoms with Crippen molar-refractivity contribution in [1.29, 1.82) is 0 Å². The number of hydrogen-bond acceptors (Lipinski definition) is 4. The van der Waals surface area contributed by atoms with Crippen molar-refractivity contribution < 1.29 is 19.1 Å². The van der Waals surface area contributed by atoms with Gasteiger partial charge in [-0.15, -0.1) is 0 Å². The Morgan fingerprint density at radius 3 is 2.23 bits per heavy atom. The largest absolute Gasteiger partial charge is 0.476 e. The molecule has 136 valence electrons. The highest BCUT2D eigenvalue weighted by molar-refractivity contribution is 6.30. The summed E-state index contributed by atoms with van der Waals surface area (Å²) >= 11 is 5.85. The van der Waals surface area contributed by atoms with Gasteiger partial charge in [-0.2, -0.15) is 0 Å². The summed E-state index contributed by atoms with van der Waals surface area (Å²) in [7, 11) is 0. The lowest BCUT2D eigenvalue weighted by Crippen LogP contribution is -2.41. The first kappa shape index (κ1) is 18.3. The predicted molar refractivity (Wildman–Crippen MR) is 99.8 cm³/mol. The van der Waals surface area contributed by atoms with Crippen LogP contribution < -0.4 is 14.4 Å². The van der Waals surface area contributed by atoms with Crippen LogP contribution in [0.3, 0.4) is 0 Å². The Hall–Kier alpha value is -2.53. The van der Waals surface area contributed by atoms with E-state index in [1.165, 1.54) is 0 Å². The number of nitrogens with zero attached hydrogens (tertiary/aromatic N) is 1. The molecule has 5 nitrogen and oxygen atoms in total. The predicted octanol–water partition coefficient (Wildman–Crippen LogP) is 4.23. The summed E-state index contributed by atoms with van der Waals surface area (Å²) in [6.07, 6.45) is 1.44. The maximum absolute atomic E-state index is 12.5. The van der Waals surface area contributed by atoms with Gasteiger partial charge in [0.25, 0.3) is 0 Å². The highest BCUT2D eigenvalue weighted by Gasteiger charge is 2.32. The zero-order chi connectivity index (χ0) is 18.7. The molecule has 1 aliphatic rings. The number of amides is 1. The average Bonchev–Trinajstić information content (AvgIpc) is 3.03. The van der Waals surface area contributed by atoms with Crippen molar-refractivity contribution in [2.45, 2.75) is 32.3 Å². The number of halogens is 1. The van der Waals surface area contributed by atoms with Gasteiger partial charge >= 0.3 is 5.97 Å². The van der Waals surface area contributed by atoms with E-state index in [2.05, 4.69) is 0 Å². The number of anilines is 1. The molecule has 6 heteroatoms. The van der Waals surface area contributed by atoms with E-state index in [4.69, 9.17) is 21.1 Å². The Kier molecular flexibility index (Phi) is 5.18. The summed E-state index contributed by atoms with van der Waals surface area (Å²) < 4.78 is 11.1. The second kappa shape index (κ2) is 7.38. The number of esters is 1. The Labute approximate surface area is 157 Å². The molecular weight excluding hydrogens is 354 g/mol. The van der Waals surface area contributed by atoms with E-state index >= 15 is 0 Å². The fraction of sp³-hybridized carbons (Fsp3) is 0.300. The second-order valence-corrected chi connectivity index (χ2v) is 7.04. The molecule has 0 radical (unpaired) electrons. The lowest BCUT2D eigenvalue weighted by atomic mass is 10.1. The number of carbonyl (C=O) groups excluding carboxylic acids is 2. The summed E-state index contributed by atoms with van der Waals surface area (Å²) in [4.78, 5) is 26.0. The zero-order valence-corrected chi connectivity index (χ0v) is 15.5. The molecule has 0 atom stereocenters. The van der Waals surface area contributed by atoms with Gasteiger partial charge in [0.05, 0.1) is 0 Å². The van der Waals surface area contributed by atoms with Gasteiger partial charge in [0.2, 0.25) is 11.5 Å². The molecule has 0 aromatic heterocycles. The van der Waals surface area contributed by atoms with Gasteiger partial charge < -0.3 is 14.4 Å². The fourth-order valence-electron chi connectivity index (χ4n) is 2.68. The number of benzene rings is 2. The zero-order valence-electron chi connectivity index (χ0n) is 14.7. The minimum absolute atomic E-state index is 0.118. The van der Waals surface area contributed by atoms with E-state index in [0.717, 1.165) is 18.7 Å². The van der Waals surface area contributed by atoms with Gasteiger partial charge in [0, 0.05) is 23.7 Å². The minimum Gasteiger partial charge on any atom is -0.476 e. The highest BCUT2D eigenvalue weighted by atomic mass is 35.5. The minimum atomic E-state index is -1.17. The van der Waals surface area contributed by atoms with E-state index < -0.39 is 11.6 Å². The Morgan fingerprint density at radius 2 is 1.65 bits per heavy atom. The standard InChI is InChI=1S/C20H20ClNO4/c1-20(2,26-17-9-5-14(21)6-10-17)19(24)25-16-11-7-15(8-12-16)22-13-3-4-18(22)23/h5-12H,3-4,13H2,1-2H3. The van der Waals surface area contributed by atoms with Crippen molar-refractivity contribution in [3.63, 3.8) is 0 Å². The van der Waals surface area contributed by atoms with Crippen LogP contribution in [0.15, 0.2) is 48.5 Å². The molecular formula is C20H20ClNO4. The first-order valence-corrected chi connectivity index (χ1v) is 8.80. The first-order valence-electron chi connectivity index (χ1n) is 8.42. The van der Waals surface area contributed by atoms with Crippen molar-refractivity contribution in [3.8, 4) is 11.5 Å². The smallest absolute Gasteiger partial charge is 0.355 e. The number of carbonyl (C=O) groups is 2. The van der Waals surface area contributed by atoms with Gasteiger partial charge in [-0.3, -0.25) is 4.79 Å². The molecule has 2 aromatic rings. The number of ether oxygens (including phenoxy) is 2. The van der Waals surface area contributed by atoms with Crippen molar-refractivity contribution >= 4 is 29.2 Å².